The summed E-state index contributed by atoms with van der Waals surface area (Å²) >= 11 is -2.19. The van der Waals surface area contributed by atoms with Crippen molar-refractivity contribution >= 4 is 34.7 Å². The number of ether oxygens (including phenoxy) is 2. The van der Waals surface area contributed by atoms with Crippen LogP contribution in [-0.2, 0) is 11.2 Å². The van der Waals surface area contributed by atoms with Crippen molar-refractivity contribution in [2.75, 3.05) is 24.7 Å². The summed E-state index contributed by atoms with van der Waals surface area (Å²) in [5.41, 5.74) is 8.18. The van der Waals surface area contributed by atoms with Crippen LogP contribution in [0.1, 0.15) is 18.1 Å². The van der Waals surface area contributed by atoms with E-state index in [0.717, 1.165) is 35.8 Å². The number of rotatable bonds is 13. The molecule has 0 saturated carbocycles. The Morgan fingerprint density at radius 2 is 1.27 bits per heavy atom. The molecule has 0 atom stereocenters. The Kier molecular flexibility index (Phi) is 10.5. The molecule has 1 N–H and O–H groups in total. The van der Waals surface area contributed by atoms with Crippen LogP contribution in [0, 0.1) is 6.92 Å². The van der Waals surface area contributed by atoms with E-state index in [0.29, 0.717) is 13.2 Å². The average molecular weight is 646 g/mol. The van der Waals surface area contributed by atoms with Crippen LogP contribution in [0.5, 0.6) is 11.5 Å². The Bertz CT molecular complexity index is 1610. The molecule has 44 heavy (non-hydrogen) atoms. The summed E-state index contributed by atoms with van der Waals surface area (Å²) in [5.74, 6) is 6.19. The van der Waals surface area contributed by atoms with Gasteiger partial charge in [0.05, 0.1) is 0 Å². The van der Waals surface area contributed by atoms with Crippen LogP contribution < -0.4 is 14.0 Å². The van der Waals surface area contributed by atoms with Gasteiger partial charge in [0.15, 0.2) is 0 Å². The summed E-state index contributed by atoms with van der Waals surface area (Å²) in [6, 6.07) is 42.4. The van der Waals surface area contributed by atoms with Crippen molar-refractivity contribution in [2.24, 2.45) is 0 Å². The molecule has 0 spiro atoms. The Morgan fingerprint density at radius 1 is 0.682 bits per heavy atom. The minimum absolute atomic E-state index is 0.262. The van der Waals surface area contributed by atoms with Crippen molar-refractivity contribution < 1.29 is 14.6 Å². The number of nitrogens with zero attached hydrogens (tertiary/aromatic N) is 1. The van der Waals surface area contributed by atoms with Gasteiger partial charge in [0.1, 0.15) is 5.75 Å². The van der Waals surface area contributed by atoms with Gasteiger partial charge in [-0.05, 0) is 0 Å². The molecule has 5 aromatic carbocycles. The summed E-state index contributed by atoms with van der Waals surface area (Å²) < 4.78 is 12.6. The SMILES string of the molecule is CCOCCOc1ccc(C[CH2][Ge]([CH3])([CH3])[c]2ccc(-c3ccc(N(c4ccc(O)cc4)c4ccccc4C)cc3)cc2)cc1. The Morgan fingerprint density at radius 3 is 1.89 bits per heavy atom. The Labute approximate surface area is 265 Å². The Balaban J connectivity index is 1.26. The standard InChI is InChI=1S/C39H43GeNO3/c1-5-43-28-29-44-38-24-10-31(11-25-38)26-27-40(3,4)34-16-12-32(13-17-34)33-14-18-35(19-15-33)41(36-20-22-37(42)23-21-36)39-9-7-6-8-30(39)2/h6-25,42H,5,26-29H2,1-4H3. The average Bonchev–Trinajstić information content (AvgIpc) is 3.05. The topological polar surface area (TPSA) is 41.9 Å². The maximum absolute atomic E-state index is 9.87. The summed E-state index contributed by atoms with van der Waals surface area (Å²) in [4.78, 5) is 2.24. The molecule has 5 heteroatoms. The first-order valence-electron chi connectivity index (χ1n) is 15.5. The number of aryl methyl sites for hydroxylation is 2. The van der Waals surface area contributed by atoms with Crippen molar-refractivity contribution in [3.05, 3.63) is 132 Å². The molecule has 0 amide bonds. The predicted molar refractivity (Wildman–Crippen MR) is 187 cm³/mol. The molecule has 0 saturated heterocycles. The number of phenols is 1. The minimum atomic E-state index is -2.19. The van der Waals surface area contributed by atoms with Gasteiger partial charge < -0.3 is 5.11 Å². The molecule has 0 aliphatic carbocycles. The molecule has 5 rings (SSSR count). The van der Waals surface area contributed by atoms with E-state index in [-0.39, 0.29) is 5.75 Å². The van der Waals surface area contributed by atoms with Crippen LogP contribution in [0.4, 0.5) is 17.1 Å². The van der Waals surface area contributed by atoms with Gasteiger partial charge in [-0.3, -0.25) is 0 Å². The first kappa shape index (κ1) is 31.4. The van der Waals surface area contributed by atoms with Crippen LogP contribution in [0.3, 0.4) is 0 Å². The molecule has 4 nitrogen and oxygen atoms in total. The van der Waals surface area contributed by atoms with E-state index < -0.39 is 13.3 Å². The van der Waals surface area contributed by atoms with Crippen molar-refractivity contribution in [3.63, 3.8) is 0 Å². The normalized spacial score (nSPS) is 11.4. The fraction of sp³-hybridized carbons (Fsp3) is 0.231. The number of benzene rings is 5. The molecule has 0 heterocycles. The third-order valence-electron chi connectivity index (χ3n) is 8.25. The van der Waals surface area contributed by atoms with Gasteiger partial charge in [0.2, 0.25) is 0 Å². The third-order valence-corrected chi connectivity index (χ3v) is 15.4. The van der Waals surface area contributed by atoms with Gasteiger partial charge in [-0.1, -0.05) is 6.07 Å². The second-order valence-corrected chi connectivity index (χ2v) is 22.0. The Hall–Kier alpha value is -4.00. The zero-order chi connectivity index (χ0) is 30.9. The van der Waals surface area contributed by atoms with Crippen LogP contribution >= 0.6 is 0 Å². The van der Waals surface area contributed by atoms with E-state index in [9.17, 15) is 5.11 Å². The zero-order valence-electron chi connectivity index (χ0n) is 26.3. The van der Waals surface area contributed by atoms with E-state index in [1.165, 1.54) is 31.9 Å². The first-order chi connectivity index (χ1) is 21.3. The van der Waals surface area contributed by atoms with Crippen molar-refractivity contribution in [1.82, 2.24) is 0 Å². The summed E-state index contributed by atoms with van der Waals surface area (Å²) in [6.07, 6.45) is 1.09. The second kappa shape index (κ2) is 14.7. The molecule has 226 valence electrons. The molecule has 0 aliphatic heterocycles. The van der Waals surface area contributed by atoms with E-state index in [4.69, 9.17) is 9.47 Å². The van der Waals surface area contributed by atoms with Crippen LogP contribution in [0.15, 0.2) is 121 Å². The molecule has 0 aromatic heterocycles. The van der Waals surface area contributed by atoms with Crippen LogP contribution in [-0.4, -0.2) is 38.2 Å². The predicted octanol–water partition coefficient (Wildman–Crippen LogP) is 9.41. The first-order valence-corrected chi connectivity index (χ1v) is 22.2. The van der Waals surface area contributed by atoms with Crippen LogP contribution in [0.2, 0.25) is 16.8 Å². The quantitative estimate of drug-likeness (QED) is 0.102. The van der Waals surface area contributed by atoms with Crippen molar-refractivity contribution in [2.45, 2.75) is 37.0 Å². The molecule has 0 bridgehead atoms. The van der Waals surface area contributed by atoms with E-state index in [2.05, 4.69) is 120 Å². The maximum atomic E-state index is 9.87. The van der Waals surface area contributed by atoms with Gasteiger partial charge in [0.25, 0.3) is 0 Å². The van der Waals surface area contributed by atoms with Crippen molar-refractivity contribution in [1.29, 1.82) is 0 Å². The molecule has 0 unspecified atom stereocenters. The van der Waals surface area contributed by atoms with Gasteiger partial charge in [-0.25, -0.2) is 0 Å². The number of anilines is 3. The van der Waals surface area contributed by atoms with Gasteiger partial charge in [0, 0.05) is 0 Å². The van der Waals surface area contributed by atoms with E-state index in [1.807, 2.05) is 19.1 Å². The molecule has 0 aliphatic rings. The van der Waals surface area contributed by atoms with E-state index >= 15 is 0 Å². The second-order valence-electron chi connectivity index (χ2n) is 11.8. The van der Waals surface area contributed by atoms with Gasteiger partial charge >= 0.3 is 249 Å². The number of para-hydroxylation sites is 1. The van der Waals surface area contributed by atoms with Gasteiger partial charge in [-0.2, -0.15) is 0 Å². The third kappa shape index (κ3) is 7.93. The molecule has 0 radical (unpaired) electrons. The fourth-order valence-corrected chi connectivity index (χ4v) is 10.2. The summed E-state index contributed by atoms with van der Waals surface area (Å²) in [7, 11) is 0. The van der Waals surface area contributed by atoms with Crippen LogP contribution in [0.25, 0.3) is 11.1 Å². The van der Waals surface area contributed by atoms with Gasteiger partial charge in [-0.15, -0.1) is 0 Å². The molecular weight excluding hydrogens is 603 g/mol. The molecule has 0 fully saturated rings. The fourth-order valence-electron chi connectivity index (χ4n) is 5.48. The van der Waals surface area contributed by atoms with E-state index in [1.54, 1.807) is 12.1 Å². The number of hydrogen-bond acceptors (Lipinski definition) is 4. The zero-order valence-corrected chi connectivity index (χ0v) is 28.4. The summed E-state index contributed by atoms with van der Waals surface area (Å²) in [6.45, 7) is 6.05. The number of aromatic hydroxyl groups is 1. The van der Waals surface area contributed by atoms with Crippen molar-refractivity contribution in [3.8, 4) is 22.6 Å². The molecule has 5 aromatic rings. The number of phenolic OH excluding ortho intramolecular Hbond substituents is 1. The monoisotopic (exact) mass is 647 g/mol. The summed E-state index contributed by atoms with van der Waals surface area (Å²) in [5, 5.41) is 11.1. The number of hydrogen-bond donors (Lipinski definition) is 1. The molecular formula is C39H43GeNO3.